The number of rotatable bonds is 6. The predicted molar refractivity (Wildman–Crippen MR) is 106 cm³/mol. The fourth-order valence-corrected chi connectivity index (χ4v) is 3.47. The first kappa shape index (κ1) is 18.2. The third kappa shape index (κ3) is 3.50. The van der Waals surface area contributed by atoms with E-state index in [9.17, 15) is 4.79 Å². The molecule has 0 bridgehead atoms. The Balaban J connectivity index is 1.54. The van der Waals surface area contributed by atoms with Crippen molar-refractivity contribution in [3.8, 4) is 17.2 Å². The molecule has 1 aliphatic heterocycles. The molecular formula is C22H23N3O3. The molecule has 0 aliphatic carbocycles. The van der Waals surface area contributed by atoms with Gasteiger partial charge in [0.15, 0.2) is 5.82 Å². The number of aromatic nitrogens is 2. The third-order valence-corrected chi connectivity index (χ3v) is 5.00. The summed E-state index contributed by atoms with van der Waals surface area (Å²) in [7, 11) is 0. The lowest BCUT2D eigenvalue weighted by Gasteiger charge is -2.19. The number of hydrogen-bond donors (Lipinski definition) is 0. The largest absolute Gasteiger partial charge is 0.492 e. The number of carbonyl (C=O) groups excluding carboxylic acids is 1. The van der Waals surface area contributed by atoms with Gasteiger partial charge in [0.1, 0.15) is 5.75 Å². The van der Waals surface area contributed by atoms with Crippen LogP contribution in [0.5, 0.6) is 5.75 Å². The van der Waals surface area contributed by atoms with Gasteiger partial charge < -0.3 is 14.2 Å². The van der Waals surface area contributed by atoms with Gasteiger partial charge in [-0.25, -0.2) is 0 Å². The van der Waals surface area contributed by atoms with E-state index in [1.54, 1.807) is 4.90 Å². The van der Waals surface area contributed by atoms with Gasteiger partial charge in [-0.3, -0.25) is 4.79 Å². The van der Waals surface area contributed by atoms with Crippen LogP contribution in [0.1, 0.15) is 37.6 Å². The minimum atomic E-state index is -0.102. The standard InChI is InChI=1S/C22H23N3O3/c1-3-15-9-11-16(12-10-15)22-23-21(24-28-22)17-13-20(26)25(14-17)18-7-5-6-8-19(18)27-4-2/h5-12,17H,3-4,13-14H2,1-2H3. The molecule has 1 aromatic heterocycles. The monoisotopic (exact) mass is 377 g/mol. The number of para-hydroxylation sites is 2. The van der Waals surface area contributed by atoms with E-state index < -0.39 is 0 Å². The number of nitrogens with zero attached hydrogens (tertiary/aromatic N) is 3. The van der Waals surface area contributed by atoms with E-state index >= 15 is 0 Å². The number of benzene rings is 2. The van der Waals surface area contributed by atoms with Gasteiger partial charge >= 0.3 is 0 Å². The first-order valence-corrected chi connectivity index (χ1v) is 9.64. The molecule has 1 unspecified atom stereocenters. The van der Waals surface area contributed by atoms with E-state index in [2.05, 4.69) is 29.2 Å². The van der Waals surface area contributed by atoms with Crippen LogP contribution in [-0.2, 0) is 11.2 Å². The minimum Gasteiger partial charge on any atom is -0.492 e. The summed E-state index contributed by atoms with van der Waals surface area (Å²) >= 11 is 0. The van der Waals surface area contributed by atoms with Crippen molar-refractivity contribution in [1.82, 2.24) is 10.1 Å². The highest BCUT2D eigenvalue weighted by molar-refractivity contribution is 5.97. The molecule has 1 saturated heterocycles. The van der Waals surface area contributed by atoms with Crippen molar-refractivity contribution in [2.75, 3.05) is 18.1 Å². The van der Waals surface area contributed by atoms with Crippen LogP contribution >= 0.6 is 0 Å². The maximum atomic E-state index is 12.6. The molecule has 0 N–H and O–H groups in total. The van der Waals surface area contributed by atoms with Gasteiger partial charge in [0.2, 0.25) is 5.91 Å². The summed E-state index contributed by atoms with van der Waals surface area (Å²) in [4.78, 5) is 18.9. The molecule has 0 spiro atoms. The van der Waals surface area contributed by atoms with E-state index in [4.69, 9.17) is 9.26 Å². The molecule has 3 aromatic rings. The van der Waals surface area contributed by atoms with Crippen LogP contribution in [0.15, 0.2) is 53.1 Å². The Morgan fingerprint density at radius 3 is 2.68 bits per heavy atom. The summed E-state index contributed by atoms with van der Waals surface area (Å²) in [6.07, 6.45) is 1.34. The van der Waals surface area contributed by atoms with Gasteiger partial charge in [-0.2, -0.15) is 4.98 Å². The normalized spacial score (nSPS) is 16.6. The van der Waals surface area contributed by atoms with Crippen LogP contribution in [0.25, 0.3) is 11.5 Å². The van der Waals surface area contributed by atoms with Gasteiger partial charge in [-0.1, -0.05) is 36.3 Å². The van der Waals surface area contributed by atoms with Crippen LogP contribution in [-0.4, -0.2) is 29.2 Å². The molecule has 1 fully saturated rings. The lowest BCUT2D eigenvalue weighted by molar-refractivity contribution is -0.117. The number of carbonyl (C=O) groups is 1. The molecule has 0 saturated carbocycles. The maximum Gasteiger partial charge on any atom is 0.257 e. The molecule has 0 radical (unpaired) electrons. The third-order valence-electron chi connectivity index (χ3n) is 5.00. The Labute approximate surface area is 164 Å². The highest BCUT2D eigenvalue weighted by Crippen LogP contribution is 2.36. The summed E-state index contributed by atoms with van der Waals surface area (Å²) in [5.74, 6) is 1.70. The summed E-state index contributed by atoms with van der Waals surface area (Å²) in [6, 6.07) is 15.7. The molecule has 144 valence electrons. The number of aryl methyl sites for hydroxylation is 1. The average Bonchev–Trinajstić information content (AvgIpc) is 3.36. The predicted octanol–water partition coefficient (Wildman–Crippen LogP) is 4.22. The number of amides is 1. The molecule has 4 rings (SSSR count). The topological polar surface area (TPSA) is 68.5 Å². The van der Waals surface area contributed by atoms with Crippen molar-refractivity contribution in [2.45, 2.75) is 32.6 Å². The first-order chi connectivity index (χ1) is 13.7. The molecule has 6 nitrogen and oxygen atoms in total. The number of ether oxygens (including phenoxy) is 1. The Kier molecular flexibility index (Phi) is 5.10. The van der Waals surface area contributed by atoms with Crippen LogP contribution in [0.3, 0.4) is 0 Å². The molecule has 28 heavy (non-hydrogen) atoms. The lowest BCUT2D eigenvalue weighted by Crippen LogP contribution is -2.25. The van der Waals surface area contributed by atoms with E-state index in [-0.39, 0.29) is 11.8 Å². The summed E-state index contributed by atoms with van der Waals surface area (Å²) in [6.45, 7) is 5.11. The molecule has 1 atom stereocenters. The zero-order valence-electron chi connectivity index (χ0n) is 16.1. The summed E-state index contributed by atoms with van der Waals surface area (Å²) in [5.41, 5.74) is 2.93. The second kappa shape index (κ2) is 7.84. The van der Waals surface area contributed by atoms with Crippen molar-refractivity contribution in [2.24, 2.45) is 0 Å². The Morgan fingerprint density at radius 2 is 1.93 bits per heavy atom. The van der Waals surface area contributed by atoms with Crippen molar-refractivity contribution >= 4 is 11.6 Å². The van der Waals surface area contributed by atoms with Gasteiger partial charge in [0.25, 0.3) is 5.89 Å². The highest BCUT2D eigenvalue weighted by atomic mass is 16.5. The molecule has 6 heteroatoms. The number of hydrogen-bond acceptors (Lipinski definition) is 5. The SMILES string of the molecule is CCOc1ccccc1N1CC(c2noc(-c3ccc(CC)cc3)n2)CC1=O. The summed E-state index contributed by atoms with van der Waals surface area (Å²) in [5, 5.41) is 4.14. The second-order valence-electron chi connectivity index (χ2n) is 6.81. The minimum absolute atomic E-state index is 0.0378. The Bertz CT molecular complexity index is 965. The molecular weight excluding hydrogens is 354 g/mol. The maximum absolute atomic E-state index is 12.6. The van der Waals surface area contributed by atoms with Crippen LogP contribution < -0.4 is 9.64 Å². The van der Waals surface area contributed by atoms with Gasteiger partial charge in [0.05, 0.1) is 12.3 Å². The molecule has 2 aromatic carbocycles. The number of anilines is 1. The summed E-state index contributed by atoms with van der Waals surface area (Å²) < 4.78 is 11.1. The molecule has 1 aliphatic rings. The molecule has 1 amide bonds. The fourth-order valence-electron chi connectivity index (χ4n) is 3.47. The van der Waals surface area contributed by atoms with Crippen LogP contribution in [0, 0.1) is 0 Å². The van der Waals surface area contributed by atoms with E-state index in [1.165, 1.54) is 5.56 Å². The first-order valence-electron chi connectivity index (χ1n) is 9.64. The molecule has 2 heterocycles. The van der Waals surface area contributed by atoms with E-state index in [1.807, 2.05) is 43.3 Å². The Morgan fingerprint density at radius 1 is 1.14 bits per heavy atom. The van der Waals surface area contributed by atoms with Crippen molar-refractivity contribution in [1.29, 1.82) is 0 Å². The van der Waals surface area contributed by atoms with Gasteiger partial charge in [0, 0.05) is 24.4 Å². The zero-order chi connectivity index (χ0) is 19.5. The average molecular weight is 377 g/mol. The van der Waals surface area contributed by atoms with Gasteiger partial charge in [-0.05, 0) is 43.2 Å². The van der Waals surface area contributed by atoms with E-state index in [0.717, 1.165) is 17.7 Å². The van der Waals surface area contributed by atoms with Crippen molar-refractivity contribution in [3.05, 3.63) is 59.9 Å². The fraction of sp³-hybridized carbons (Fsp3) is 0.318. The zero-order valence-corrected chi connectivity index (χ0v) is 16.1. The highest BCUT2D eigenvalue weighted by Gasteiger charge is 2.35. The van der Waals surface area contributed by atoms with Crippen LogP contribution in [0.4, 0.5) is 5.69 Å². The van der Waals surface area contributed by atoms with Crippen molar-refractivity contribution in [3.63, 3.8) is 0 Å². The van der Waals surface area contributed by atoms with E-state index in [0.29, 0.717) is 37.0 Å². The lowest BCUT2D eigenvalue weighted by atomic mass is 10.1. The quantitative estimate of drug-likeness (QED) is 0.643. The van der Waals surface area contributed by atoms with Crippen molar-refractivity contribution < 1.29 is 14.1 Å². The smallest absolute Gasteiger partial charge is 0.257 e. The second-order valence-corrected chi connectivity index (χ2v) is 6.81. The Hall–Kier alpha value is -3.15. The van der Waals surface area contributed by atoms with Gasteiger partial charge in [-0.15, -0.1) is 0 Å². The van der Waals surface area contributed by atoms with Crippen LogP contribution in [0.2, 0.25) is 0 Å².